The Labute approximate surface area is 115 Å². The van der Waals surface area contributed by atoms with Crippen LogP contribution in [0.15, 0.2) is 23.6 Å². The molecule has 2 nitrogen and oxygen atoms in total. The Morgan fingerprint density at radius 2 is 2.00 bits per heavy atom. The number of rotatable bonds is 3. The topological polar surface area (TPSA) is 26.3 Å². The number of thiophene rings is 1. The van der Waals surface area contributed by atoms with E-state index in [1.54, 1.807) is 19.2 Å². The average Bonchev–Trinajstić information content (AvgIpc) is 2.69. The van der Waals surface area contributed by atoms with Gasteiger partial charge in [-0.15, -0.1) is 11.3 Å². The molecule has 0 aliphatic carbocycles. The Morgan fingerprint density at radius 1 is 1.28 bits per heavy atom. The molecule has 0 spiro atoms. The van der Waals surface area contributed by atoms with Crippen molar-refractivity contribution in [2.45, 2.75) is 13.8 Å². The molecule has 1 aromatic carbocycles. The van der Waals surface area contributed by atoms with Crippen LogP contribution in [0.2, 0.25) is 5.02 Å². The number of aryl methyl sites for hydroxylation is 2. The minimum Gasteiger partial charge on any atom is -0.496 e. The van der Waals surface area contributed by atoms with Gasteiger partial charge in [0.15, 0.2) is 0 Å². The Bertz CT molecular complexity index is 602. The molecule has 0 unspecified atom stereocenters. The van der Waals surface area contributed by atoms with Gasteiger partial charge in [-0.1, -0.05) is 11.6 Å². The molecule has 0 bridgehead atoms. The number of carbonyl (C=O) groups is 1. The summed E-state index contributed by atoms with van der Waals surface area (Å²) >= 11 is 7.50. The fourth-order valence-corrected chi connectivity index (χ4v) is 2.97. The maximum absolute atomic E-state index is 12.3. The van der Waals surface area contributed by atoms with Gasteiger partial charge in [-0.25, -0.2) is 0 Å². The summed E-state index contributed by atoms with van der Waals surface area (Å²) in [5, 5.41) is 2.45. The third-order valence-electron chi connectivity index (χ3n) is 2.76. The van der Waals surface area contributed by atoms with Crippen LogP contribution in [-0.2, 0) is 0 Å². The third-order valence-corrected chi connectivity index (χ3v) is 4.46. The first-order valence-electron chi connectivity index (χ1n) is 5.47. The second-order valence-corrected chi connectivity index (χ2v) is 5.33. The van der Waals surface area contributed by atoms with Crippen LogP contribution in [0.25, 0.3) is 0 Å². The summed E-state index contributed by atoms with van der Waals surface area (Å²) in [6.07, 6.45) is 0. The highest BCUT2D eigenvalue weighted by atomic mass is 35.5. The average molecular weight is 281 g/mol. The fraction of sp³-hybridized carbons (Fsp3) is 0.214. The molecule has 2 aromatic rings. The van der Waals surface area contributed by atoms with Crippen LogP contribution in [0, 0.1) is 13.8 Å². The number of methoxy groups -OCH3 is 1. The zero-order chi connectivity index (χ0) is 13.3. The Kier molecular flexibility index (Phi) is 3.73. The van der Waals surface area contributed by atoms with Gasteiger partial charge in [-0.2, -0.15) is 0 Å². The maximum atomic E-state index is 12.3. The zero-order valence-corrected chi connectivity index (χ0v) is 12.0. The number of hydrogen-bond acceptors (Lipinski definition) is 3. The third kappa shape index (κ3) is 2.28. The van der Waals surface area contributed by atoms with Crippen LogP contribution in [-0.4, -0.2) is 12.9 Å². The summed E-state index contributed by atoms with van der Waals surface area (Å²) in [6.45, 7) is 3.81. The quantitative estimate of drug-likeness (QED) is 0.786. The molecule has 0 amide bonds. The highest BCUT2D eigenvalue weighted by Gasteiger charge is 2.17. The summed E-state index contributed by atoms with van der Waals surface area (Å²) in [4.78, 5) is 12.9. The van der Waals surface area contributed by atoms with Crippen molar-refractivity contribution in [3.63, 3.8) is 0 Å². The zero-order valence-electron chi connectivity index (χ0n) is 10.4. The standard InChI is InChI=1S/C14H13ClO2S/c1-8-6-10(4-5-11(8)17-3)13(16)14-12(15)9(2)7-18-14/h4-7H,1-3H3. The van der Waals surface area contributed by atoms with Crippen molar-refractivity contribution in [2.24, 2.45) is 0 Å². The van der Waals surface area contributed by atoms with Crippen LogP contribution < -0.4 is 4.74 Å². The summed E-state index contributed by atoms with van der Waals surface area (Å²) in [7, 11) is 1.61. The second kappa shape index (κ2) is 5.12. The SMILES string of the molecule is COc1ccc(C(=O)c2scc(C)c2Cl)cc1C. The number of carbonyl (C=O) groups excluding carboxylic acids is 1. The molecule has 0 saturated carbocycles. The van der Waals surface area contributed by atoms with E-state index in [-0.39, 0.29) is 5.78 Å². The molecule has 1 heterocycles. The molecular formula is C14H13ClO2S. The monoisotopic (exact) mass is 280 g/mol. The van der Waals surface area contributed by atoms with Crippen molar-refractivity contribution in [1.29, 1.82) is 0 Å². The van der Waals surface area contributed by atoms with Gasteiger partial charge in [0.1, 0.15) is 5.75 Å². The number of hydrogen-bond donors (Lipinski definition) is 0. The van der Waals surface area contributed by atoms with E-state index in [9.17, 15) is 4.79 Å². The van der Waals surface area contributed by atoms with E-state index in [2.05, 4.69) is 0 Å². The van der Waals surface area contributed by atoms with Crippen molar-refractivity contribution in [3.05, 3.63) is 50.2 Å². The molecular weight excluding hydrogens is 268 g/mol. The lowest BCUT2D eigenvalue weighted by Crippen LogP contribution is -2.00. The molecule has 1 aromatic heterocycles. The van der Waals surface area contributed by atoms with Crippen LogP contribution in [0.1, 0.15) is 26.4 Å². The first-order chi connectivity index (χ1) is 8.54. The molecule has 2 rings (SSSR count). The van der Waals surface area contributed by atoms with Crippen LogP contribution in [0.5, 0.6) is 5.75 Å². The Hall–Kier alpha value is -1.32. The van der Waals surface area contributed by atoms with E-state index in [4.69, 9.17) is 16.3 Å². The van der Waals surface area contributed by atoms with Crippen molar-refractivity contribution in [3.8, 4) is 5.75 Å². The molecule has 94 valence electrons. The van der Waals surface area contributed by atoms with Gasteiger partial charge < -0.3 is 4.74 Å². The first kappa shape index (κ1) is 13.1. The van der Waals surface area contributed by atoms with E-state index in [1.165, 1.54) is 11.3 Å². The van der Waals surface area contributed by atoms with Crippen molar-refractivity contribution in [2.75, 3.05) is 7.11 Å². The van der Waals surface area contributed by atoms with Crippen molar-refractivity contribution < 1.29 is 9.53 Å². The predicted molar refractivity (Wildman–Crippen MR) is 75.2 cm³/mol. The van der Waals surface area contributed by atoms with Gasteiger partial charge in [0.25, 0.3) is 0 Å². The molecule has 18 heavy (non-hydrogen) atoms. The molecule has 0 saturated heterocycles. The lowest BCUT2D eigenvalue weighted by molar-refractivity contribution is 0.104. The molecule has 0 atom stereocenters. The lowest BCUT2D eigenvalue weighted by Gasteiger charge is -2.06. The van der Waals surface area contributed by atoms with Crippen molar-refractivity contribution in [1.82, 2.24) is 0 Å². The van der Waals surface area contributed by atoms with Gasteiger partial charge in [0.05, 0.1) is 17.0 Å². The van der Waals surface area contributed by atoms with E-state index in [0.717, 1.165) is 16.9 Å². The summed E-state index contributed by atoms with van der Waals surface area (Å²) in [5.74, 6) is 0.740. The lowest BCUT2D eigenvalue weighted by atomic mass is 10.1. The fourth-order valence-electron chi connectivity index (χ4n) is 1.73. The first-order valence-corrected chi connectivity index (χ1v) is 6.73. The molecule has 0 aliphatic heterocycles. The van der Waals surface area contributed by atoms with E-state index in [0.29, 0.717) is 15.5 Å². The number of halogens is 1. The van der Waals surface area contributed by atoms with Crippen molar-refractivity contribution >= 4 is 28.7 Å². The highest BCUT2D eigenvalue weighted by Crippen LogP contribution is 2.30. The summed E-state index contributed by atoms with van der Waals surface area (Å²) < 4.78 is 5.18. The number of benzene rings is 1. The minimum absolute atomic E-state index is 0.0381. The Balaban J connectivity index is 2.40. The molecule has 0 N–H and O–H groups in total. The second-order valence-electron chi connectivity index (χ2n) is 4.08. The van der Waals surface area contributed by atoms with Gasteiger partial charge >= 0.3 is 0 Å². The molecule has 4 heteroatoms. The van der Waals surface area contributed by atoms with Crippen LogP contribution in [0.3, 0.4) is 0 Å². The molecule has 0 radical (unpaired) electrons. The van der Waals surface area contributed by atoms with Gasteiger partial charge in [-0.05, 0) is 48.6 Å². The van der Waals surface area contributed by atoms with E-state index >= 15 is 0 Å². The van der Waals surface area contributed by atoms with Gasteiger partial charge in [0.2, 0.25) is 5.78 Å². The van der Waals surface area contributed by atoms with Crippen LogP contribution >= 0.6 is 22.9 Å². The smallest absolute Gasteiger partial charge is 0.204 e. The van der Waals surface area contributed by atoms with Gasteiger partial charge in [-0.3, -0.25) is 4.79 Å². The van der Waals surface area contributed by atoms with E-state index < -0.39 is 0 Å². The summed E-state index contributed by atoms with van der Waals surface area (Å²) in [6, 6.07) is 5.39. The molecule has 0 fully saturated rings. The minimum atomic E-state index is -0.0381. The van der Waals surface area contributed by atoms with Crippen LogP contribution in [0.4, 0.5) is 0 Å². The maximum Gasteiger partial charge on any atom is 0.204 e. The van der Waals surface area contributed by atoms with E-state index in [1.807, 2.05) is 25.3 Å². The highest BCUT2D eigenvalue weighted by molar-refractivity contribution is 7.13. The van der Waals surface area contributed by atoms with Gasteiger partial charge in [0, 0.05) is 5.56 Å². The predicted octanol–water partition coefficient (Wildman–Crippen LogP) is 4.26. The summed E-state index contributed by atoms with van der Waals surface area (Å²) in [5.41, 5.74) is 2.51. The largest absolute Gasteiger partial charge is 0.496 e. The normalized spacial score (nSPS) is 10.4. The Morgan fingerprint density at radius 3 is 2.50 bits per heavy atom. The number of ether oxygens (including phenoxy) is 1. The number of ketones is 1. The molecule has 0 aliphatic rings.